The molecular formula is C85H128N28O23. The molecule has 0 saturated carbocycles. The zero-order chi connectivity index (χ0) is 101. The minimum absolute atomic E-state index is 0.0969. The van der Waals surface area contributed by atoms with Crippen LogP contribution in [-0.4, -0.2) is 282 Å². The van der Waals surface area contributed by atoms with Gasteiger partial charge in [-0.1, -0.05) is 64.1 Å². The Morgan fingerprint density at radius 1 is 0.404 bits per heavy atom. The number of imidazole rings is 1. The third-order valence-electron chi connectivity index (χ3n) is 21.2. The summed E-state index contributed by atoms with van der Waals surface area (Å²) in [4.78, 5) is 276. The number of nitrogens with zero attached hydrogens (tertiary/aromatic N) is 1. The van der Waals surface area contributed by atoms with Crippen LogP contribution in [0.1, 0.15) is 155 Å². The molecule has 5 aromatic rings. The number of para-hydroxylation sites is 2. The molecule has 0 aliphatic heterocycles. The highest BCUT2D eigenvalue weighted by Crippen LogP contribution is 2.23. The Balaban J connectivity index is 1.44. The molecule has 3 aromatic heterocycles. The lowest BCUT2D eigenvalue weighted by atomic mass is 9.99. The van der Waals surface area contributed by atoms with E-state index >= 15 is 19.2 Å². The molecule has 5 rings (SSSR count). The number of aliphatic carboxylic acids is 3. The van der Waals surface area contributed by atoms with Crippen LogP contribution in [0.3, 0.4) is 0 Å². The summed E-state index contributed by atoms with van der Waals surface area (Å²) in [6.45, 7) is 8.57. The van der Waals surface area contributed by atoms with Crippen molar-refractivity contribution in [1.29, 1.82) is 10.8 Å². The largest absolute Gasteiger partial charge is 0.481 e. The fourth-order valence-electron chi connectivity index (χ4n) is 14.1. The molecule has 0 saturated heterocycles. The second-order valence-corrected chi connectivity index (χ2v) is 33.5. The maximum Gasteiger partial charge on any atom is 0.326 e. The predicted octanol–water partition coefficient (Wildman–Crippen LogP) is -7.14. The fraction of sp³-hybridized carbons (Fsp3) is 0.529. The molecule has 3 heterocycles. The number of guanidine groups is 2. The van der Waals surface area contributed by atoms with Crippen molar-refractivity contribution in [2.75, 3.05) is 26.2 Å². The zero-order valence-electron chi connectivity index (χ0n) is 76.3. The highest BCUT2D eigenvalue weighted by atomic mass is 16.4. The summed E-state index contributed by atoms with van der Waals surface area (Å²) in [7, 11) is 0. The molecule has 0 aliphatic rings. The third kappa shape index (κ3) is 39.1. The highest BCUT2D eigenvalue weighted by molar-refractivity contribution is 6.02. The van der Waals surface area contributed by atoms with Crippen LogP contribution in [0.4, 0.5) is 0 Å². The smallest absolute Gasteiger partial charge is 0.326 e. The number of H-pyrrole nitrogens is 3. The van der Waals surface area contributed by atoms with E-state index in [0.29, 0.717) is 45.8 Å². The van der Waals surface area contributed by atoms with Crippen molar-refractivity contribution in [2.45, 2.75) is 248 Å². The molecule has 51 heteroatoms. The molecule has 37 N–H and O–H groups in total. The van der Waals surface area contributed by atoms with Gasteiger partial charge in [-0.05, 0) is 126 Å². The van der Waals surface area contributed by atoms with E-state index in [0.717, 1.165) is 6.92 Å². The van der Waals surface area contributed by atoms with E-state index in [-0.39, 0.29) is 94.5 Å². The molecule has 0 spiro atoms. The van der Waals surface area contributed by atoms with E-state index in [1.54, 1.807) is 82.4 Å². The molecule has 2 aromatic carbocycles. The van der Waals surface area contributed by atoms with Gasteiger partial charge in [-0.3, -0.25) is 97.1 Å². The molecular weight excluding hydrogens is 1780 g/mol. The number of carboxylic acid groups (broad SMARTS) is 3. The first-order valence-electron chi connectivity index (χ1n) is 44.1. The van der Waals surface area contributed by atoms with Crippen molar-refractivity contribution in [3.63, 3.8) is 0 Å². The number of aromatic nitrogens is 4. The molecule has 0 radical (unpaired) electrons. The molecule has 0 unspecified atom stereocenters. The summed E-state index contributed by atoms with van der Waals surface area (Å²) in [5.74, 6) is -23.9. The van der Waals surface area contributed by atoms with Gasteiger partial charge < -0.3 is 155 Å². The third-order valence-corrected chi connectivity index (χ3v) is 21.2. The number of hydrogen-bond donors (Lipinski definition) is 31. The van der Waals surface area contributed by atoms with Crippen LogP contribution >= 0.6 is 0 Å². The van der Waals surface area contributed by atoms with Gasteiger partial charge in [-0.2, -0.15) is 0 Å². The topological polar surface area (TPSA) is 862 Å². The van der Waals surface area contributed by atoms with Crippen molar-refractivity contribution in [3.8, 4) is 0 Å². The van der Waals surface area contributed by atoms with Gasteiger partial charge in [0, 0.05) is 91.3 Å². The highest BCUT2D eigenvalue weighted by Gasteiger charge is 2.40. The Labute approximate surface area is 780 Å². The number of hydrogen-bond acceptors (Lipinski definition) is 25. The Morgan fingerprint density at radius 3 is 1.22 bits per heavy atom. The van der Waals surface area contributed by atoms with Gasteiger partial charge in [-0.25, -0.2) is 9.78 Å². The summed E-state index contributed by atoms with van der Waals surface area (Å²) in [6, 6.07) is -10.3. The SMILES string of the molecule is CC(C)C[C@H](NC(=O)[C@H](CCC(N)=O)NC(=O)[C@H](C)NC(=O)[C@@H](N)CCCNC(=N)N)C(=O)N[C@@H](Cc1c[nH]c2ccccc12)C(=O)N[C@@H](Cc1cnc[nH]1)C(=O)N[C@H](C(=O)N[C@@H](CCC(N)=O)C(=O)N[C@@H](Cc1c[nH]c2ccccc12)C(=O)N[C@@H](CC(=O)O)C(=O)N[C@@H](CC(C)C)C(=O)N[C@@H](CC(=O)O)C(=O)N[C@@H](CCCCN)C(=O)NCC(=O)N[C@@H](CCCNC(=N)N)C(=O)O)[C@@H](C)O. The van der Waals surface area contributed by atoms with Crippen LogP contribution in [0.5, 0.6) is 0 Å². The summed E-state index contributed by atoms with van der Waals surface area (Å²) in [5, 5.41) is 96.2. The van der Waals surface area contributed by atoms with E-state index in [1.165, 1.54) is 25.6 Å². The zero-order valence-corrected chi connectivity index (χ0v) is 76.3. The maximum atomic E-state index is 15.2. The van der Waals surface area contributed by atoms with Gasteiger partial charge in [0.25, 0.3) is 0 Å². The van der Waals surface area contributed by atoms with Gasteiger partial charge in [-0.15, -0.1) is 0 Å². The number of amides is 16. The number of carbonyl (C=O) groups excluding carboxylic acids is 16. The number of primary amides is 2. The van der Waals surface area contributed by atoms with E-state index in [1.807, 2.05) is 0 Å². The lowest BCUT2D eigenvalue weighted by Gasteiger charge is -2.29. The lowest BCUT2D eigenvalue weighted by Crippen LogP contribution is -2.62. The first-order valence-corrected chi connectivity index (χ1v) is 44.1. The number of nitrogens with one attached hydrogen (secondary N) is 21. The van der Waals surface area contributed by atoms with Crippen molar-refractivity contribution in [1.82, 2.24) is 105 Å². The van der Waals surface area contributed by atoms with Gasteiger partial charge in [0.05, 0.1) is 37.9 Å². The molecule has 0 fully saturated rings. The number of carboxylic acids is 3. The predicted molar refractivity (Wildman–Crippen MR) is 489 cm³/mol. The average molecular weight is 1910 g/mol. The monoisotopic (exact) mass is 1910 g/mol. The van der Waals surface area contributed by atoms with Gasteiger partial charge >= 0.3 is 17.9 Å². The Hall–Kier alpha value is -14.9. The van der Waals surface area contributed by atoms with Gasteiger partial charge in [0.15, 0.2) is 11.9 Å². The van der Waals surface area contributed by atoms with Crippen LogP contribution in [0, 0.1) is 22.7 Å². The van der Waals surface area contributed by atoms with Crippen molar-refractivity contribution < 1.29 is 112 Å². The van der Waals surface area contributed by atoms with E-state index in [2.05, 4.69) is 105 Å². The first-order chi connectivity index (χ1) is 64.2. The number of aliphatic hydroxyl groups excluding tert-OH is 1. The maximum absolute atomic E-state index is 15.2. The number of aliphatic hydroxyl groups is 1. The fourth-order valence-corrected chi connectivity index (χ4v) is 14.1. The molecule has 16 amide bonds. The molecule has 746 valence electrons. The molecule has 0 aliphatic carbocycles. The molecule has 0 bridgehead atoms. The molecule has 51 nitrogen and oxygen atoms in total. The Kier molecular flexibility index (Phi) is 46.1. The quantitative estimate of drug-likeness (QED) is 0.00977. The number of nitrogens with two attached hydrogens (primary N) is 6. The average Bonchev–Trinajstić information content (AvgIpc) is 1.67. The van der Waals surface area contributed by atoms with Crippen LogP contribution in [0.2, 0.25) is 0 Å². The van der Waals surface area contributed by atoms with Crippen LogP contribution in [0.15, 0.2) is 73.4 Å². The summed E-state index contributed by atoms with van der Waals surface area (Å²) >= 11 is 0. The van der Waals surface area contributed by atoms with E-state index in [9.17, 15) is 92.3 Å². The normalized spacial score (nSPS) is 14.5. The summed E-state index contributed by atoms with van der Waals surface area (Å²) < 4.78 is 0. The second kappa shape index (κ2) is 56.2. The number of benzene rings is 2. The second-order valence-electron chi connectivity index (χ2n) is 33.5. The van der Waals surface area contributed by atoms with E-state index in [4.69, 9.17) is 45.2 Å². The molecule has 15 atom stereocenters. The number of carbonyl (C=O) groups is 19. The standard InChI is InChI=1S/C85H128N28O23/c1-41(2)29-57(106-73(125)54(22-24-64(88)115)103-70(122)43(5)101-71(123)50(87)17-13-27-95-84(90)91)75(127)109-60(32-46-37-98-52-19-10-8-16-49(46)52)77(129)110-61(33-47-38-94-40-100-47)81(133)113-69(44(6)114)82(134)105-55(23-25-65(89)116)74(126)108-59(31-45-36-97-51-18-9-7-15-48(45)51)78(130)112-63(35-68(120)121)80(132)107-58(30-42(3)4)76(128)111-62(34-67(118)119)79(131)104-53(20-11-12-26-86)72(124)99-39-66(117)102-56(83(135)136)21-14-28-96-85(92)93/h7-10,15-16,18-19,36-38,40-44,50,53-63,69,97-98,114H,11-14,17,20-35,39,86-87H2,1-6H3,(H2,88,115)(H2,89,116)(H,94,100)(H,99,124)(H,101,123)(H,102,117)(H,103,122)(H,104,131)(H,105,134)(H,106,125)(H,107,132)(H,108,126)(H,109,127)(H,110,129)(H,111,128)(H,112,130)(H,113,133)(H,118,119)(H,120,121)(H,135,136)(H4,90,91,95)(H4,92,93,96)/t43-,44+,50-,53-,54-,55-,56-,57-,58-,59-,60-,61-,62-,63-,69-/m0/s1. The van der Waals surface area contributed by atoms with Gasteiger partial charge in [0.1, 0.15) is 78.5 Å². The number of rotatable bonds is 62. The Bertz CT molecular complexity index is 5000. The van der Waals surface area contributed by atoms with Gasteiger partial charge in [0.2, 0.25) is 94.5 Å². The van der Waals surface area contributed by atoms with Crippen molar-refractivity contribution >= 4 is 146 Å². The first kappa shape index (κ1) is 112. The number of aromatic amines is 3. The van der Waals surface area contributed by atoms with Crippen molar-refractivity contribution in [2.24, 2.45) is 46.2 Å². The summed E-state index contributed by atoms with van der Waals surface area (Å²) in [6.07, 6.45) is -1.87. The van der Waals surface area contributed by atoms with Crippen LogP contribution < -0.4 is 119 Å². The van der Waals surface area contributed by atoms with E-state index < -0.39 is 267 Å². The minimum atomic E-state index is -2.15. The Morgan fingerprint density at radius 2 is 0.794 bits per heavy atom. The number of fused-ring (bicyclic) bond motifs is 2. The van der Waals surface area contributed by atoms with Crippen LogP contribution in [0.25, 0.3) is 21.8 Å². The van der Waals surface area contributed by atoms with Crippen LogP contribution in [-0.2, 0) is 110 Å². The van der Waals surface area contributed by atoms with Crippen molar-refractivity contribution in [3.05, 3.63) is 90.3 Å². The minimum Gasteiger partial charge on any atom is -0.481 e. The number of unbranched alkanes of at least 4 members (excludes halogenated alkanes) is 1. The summed E-state index contributed by atoms with van der Waals surface area (Å²) in [5.41, 5.74) is 35.5. The lowest BCUT2D eigenvalue weighted by molar-refractivity contribution is -0.142. The molecule has 136 heavy (non-hydrogen) atoms.